The highest BCUT2D eigenvalue weighted by Gasteiger charge is 2.21. The number of ether oxygens (including phenoxy) is 1. The van der Waals surface area contributed by atoms with E-state index >= 15 is 0 Å². The molecule has 0 spiro atoms. The summed E-state index contributed by atoms with van der Waals surface area (Å²) < 4.78 is 44.7. The lowest BCUT2D eigenvalue weighted by Gasteiger charge is -2.20. The molecule has 0 saturated carbocycles. The molecule has 0 heterocycles. The quantitative estimate of drug-likeness (QED) is 0.634. The molecule has 9 heteroatoms. The van der Waals surface area contributed by atoms with Crippen molar-refractivity contribution in [3.63, 3.8) is 0 Å². The predicted octanol–water partition coefficient (Wildman–Crippen LogP) is 2.65. The van der Waals surface area contributed by atoms with Crippen LogP contribution in [0.1, 0.15) is 52.9 Å². The van der Waals surface area contributed by atoms with Crippen LogP contribution in [0.5, 0.6) is 0 Å². The summed E-state index contributed by atoms with van der Waals surface area (Å²) in [5, 5.41) is 2.75. The Morgan fingerprint density at radius 3 is 2.52 bits per heavy atom. The second kappa shape index (κ2) is 9.57. The molecule has 166 valence electrons. The van der Waals surface area contributed by atoms with Gasteiger partial charge in [-0.05, 0) is 74.5 Å². The third kappa shape index (κ3) is 5.48. The highest BCUT2D eigenvalue weighted by molar-refractivity contribution is 7.89. The molecule has 31 heavy (non-hydrogen) atoms. The number of carbonyl (C=O) groups is 2. The summed E-state index contributed by atoms with van der Waals surface area (Å²) in [6.07, 6.45) is 4.43. The largest absolute Gasteiger partial charge is 0.452 e. The molecule has 1 aliphatic rings. The molecule has 2 aromatic rings. The minimum Gasteiger partial charge on any atom is -0.452 e. The van der Waals surface area contributed by atoms with Crippen molar-refractivity contribution in [2.75, 3.05) is 13.7 Å². The maximum atomic E-state index is 14.0. The molecule has 2 N–H and O–H groups in total. The predicted molar refractivity (Wildman–Crippen MR) is 113 cm³/mol. The number of fused-ring (bicyclic) bond motifs is 1. The Morgan fingerprint density at radius 1 is 1.10 bits per heavy atom. The number of hydrogen-bond acceptors (Lipinski definition) is 5. The SMILES string of the molecule is CNS(=O)(=O)c1ccc(F)c(C(=O)OCC(=O)NC(C)c2ccc3c(c2)CCCC3)c1. The first-order valence-electron chi connectivity index (χ1n) is 10.0. The van der Waals surface area contributed by atoms with Crippen LogP contribution < -0.4 is 10.0 Å². The van der Waals surface area contributed by atoms with Gasteiger partial charge in [-0.2, -0.15) is 0 Å². The van der Waals surface area contributed by atoms with E-state index in [1.165, 1.54) is 24.6 Å². The number of hydrogen-bond donors (Lipinski definition) is 2. The topological polar surface area (TPSA) is 102 Å². The van der Waals surface area contributed by atoms with Crippen molar-refractivity contribution >= 4 is 21.9 Å². The second-order valence-corrected chi connectivity index (χ2v) is 9.34. The number of benzene rings is 2. The van der Waals surface area contributed by atoms with E-state index in [1.54, 1.807) is 0 Å². The van der Waals surface area contributed by atoms with Crippen molar-refractivity contribution < 1.29 is 27.1 Å². The van der Waals surface area contributed by atoms with Gasteiger partial charge in [0.05, 0.1) is 16.5 Å². The Kier molecular flexibility index (Phi) is 7.07. The number of nitrogens with one attached hydrogen (secondary N) is 2. The number of rotatable bonds is 7. The van der Waals surface area contributed by atoms with Gasteiger partial charge < -0.3 is 10.1 Å². The zero-order chi connectivity index (χ0) is 22.6. The van der Waals surface area contributed by atoms with Crippen molar-refractivity contribution in [1.82, 2.24) is 10.0 Å². The Bertz CT molecular complexity index is 1100. The lowest BCUT2D eigenvalue weighted by Crippen LogP contribution is -2.31. The number of amides is 1. The molecule has 0 fully saturated rings. The van der Waals surface area contributed by atoms with Crippen molar-refractivity contribution in [2.45, 2.75) is 43.5 Å². The first kappa shape index (κ1) is 22.9. The zero-order valence-electron chi connectivity index (χ0n) is 17.4. The summed E-state index contributed by atoms with van der Waals surface area (Å²) in [6, 6.07) is 8.63. The van der Waals surface area contributed by atoms with Crippen molar-refractivity contribution in [1.29, 1.82) is 0 Å². The number of carbonyl (C=O) groups excluding carboxylic acids is 2. The van der Waals surface area contributed by atoms with Crippen LogP contribution in [0.25, 0.3) is 0 Å². The Balaban J connectivity index is 1.61. The first-order valence-corrected chi connectivity index (χ1v) is 11.5. The van der Waals surface area contributed by atoms with Crippen LogP contribution in [-0.4, -0.2) is 33.9 Å². The molecule has 0 saturated heterocycles. The average Bonchev–Trinajstić information content (AvgIpc) is 2.77. The van der Waals surface area contributed by atoms with E-state index in [9.17, 15) is 22.4 Å². The molecule has 1 atom stereocenters. The molecule has 1 unspecified atom stereocenters. The van der Waals surface area contributed by atoms with E-state index in [0.29, 0.717) is 0 Å². The average molecular weight is 449 g/mol. The van der Waals surface area contributed by atoms with Crippen LogP contribution in [0.2, 0.25) is 0 Å². The highest BCUT2D eigenvalue weighted by Crippen LogP contribution is 2.24. The molecule has 7 nitrogen and oxygen atoms in total. The number of aryl methyl sites for hydroxylation is 2. The molecule has 1 amide bonds. The molecule has 3 rings (SSSR count). The Labute approximate surface area is 181 Å². The standard InChI is InChI=1S/C22H25FN2O5S/c1-14(16-8-7-15-5-3-4-6-17(15)11-16)25-21(26)13-30-22(27)19-12-18(9-10-20(19)23)31(28,29)24-2/h7-12,14,24H,3-6,13H2,1-2H3,(H,25,26). The molecule has 2 aromatic carbocycles. The second-order valence-electron chi connectivity index (χ2n) is 7.45. The Morgan fingerprint density at radius 2 is 1.81 bits per heavy atom. The van der Waals surface area contributed by atoms with Gasteiger partial charge in [-0.15, -0.1) is 0 Å². The fraction of sp³-hybridized carbons (Fsp3) is 0.364. The maximum absolute atomic E-state index is 14.0. The highest BCUT2D eigenvalue weighted by atomic mass is 32.2. The summed E-state index contributed by atoms with van der Waals surface area (Å²) in [7, 11) is -2.66. The van der Waals surface area contributed by atoms with Crippen LogP contribution >= 0.6 is 0 Å². The maximum Gasteiger partial charge on any atom is 0.341 e. The van der Waals surface area contributed by atoms with Gasteiger partial charge in [0, 0.05) is 0 Å². The van der Waals surface area contributed by atoms with Gasteiger partial charge in [0.15, 0.2) is 6.61 Å². The van der Waals surface area contributed by atoms with Crippen molar-refractivity contribution in [3.8, 4) is 0 Å². The minimum atomic E-state index is -3.86. The van der Waals surface area contributed by atoms with Crippen LogP contribution in [0, 0.1) is 5.82 Å². The summed E-state index contributed by atoms with van der Waals surface area (Å²) in [6.45, 7) is 1.21. The number of sulfonamides is 1. The third-order valence-electron chi connectivity index (χ3n) is 5.32. The monoisotopic (exact) mass is 448 g/mol. The van der Waals surface area contributed by atoms with Gasteiger partial charge in [-0.25, -0.2) is 22.3 Å². The van der Waals surface area contributed by atoms with Gasteiger partial charge in [0.2, 0.25) is 10.0 Å². The van der Waals surface area contributed by atoms with Crippen LogP contribution in [0.15, 0.2) is 41.3 Å². The summed E-state index contributed by atoms with van der Waals surface area (Å²) >= 11 is 0. The molecule has 1 aliphatic carbocycles. The minimum absolute atomic E-state index is 0.283. The van der Waals surface area contributed by atoms with Crippen molar-refractivity contribution in [2.24, 2.45) is 0 Å². The lowest BCUT2D eigenvalue weighted by atomic mass is 9.89. The molecule has 0 aromatic heterocycles. The van der Waals surface area contributed by atoms with Gasteiger partial charge in [0.25, 0.3) is 5.91 Å². The van der Waals surface area contributed by atoms with Gasteiger partial charge in [0.1, 0.15) is 5.82 Å². The molecule has 0 radical (unpaired) electrons. The van der Waals surface area contributed by atoms with E-state index in [4.69, 9.17) is 4.74 Å². The molecule has 0 aliphatic heterocycles. The fourth-order valence-electron chi connectivity index (χ4n) is 3.54. The van der Waals surface area contributed by atoms with Gasteiger partial charge in [-0.1, -0.05) is 18.2 Å². The summed E-state index contributed by atoms with van der Waals surface area (Å²) in [5.74, 6) is -2.61. The third-order valence-corrected chi connectivity index (χ3v) is 6.73. The summed E-state index contributed by atoms with van der Waals surface area (Å²) in [5.41, 5.74) is 3.03. The van der Waals surface area contributed by atoms with E-state index in [2.05, 4.69) is 22.2 Å². The Hall–Kier alpha value is -2.78. The zero-order valence-corrected chi connectivity index (χ0v) is 18.2. The normalized spacial score (nSPS) is 14.4. The molecular formula is C22H25FN2O5S. The molecule has 0 bridgehead atoms. The van der Waals surface area contributed by atoms with Gasteiger partial charge in [-0.3, -0.25) is 4.79 Å². The van der Waals surface area contributed by atoms with E-state index in [1.807, 2.05) is 13.0 Å². The van der Waals surface area contributed by atoms with E-state index in [-0.39, 0.29) is 10.9 Å². The fourth-order valence-corrected chi connectivity index (χ4v) is 4.30. The first-order chi connectivity index (χ1) is 14.7. The smallest absolute Gasteiger partial charge is 0.341 e. The number of esters is 1. The molecular weight excluding hydrogens is 423 g/mol. The van der Waals surface area contributed by atoms with E-state index in [0.717, 1.165) is 43.0 Å². The van der Waals surface area contributed by atoms with Crippen LogP contribution in [0.4, 0.5) is 4.39 Å². The van der Waals surface area contributed by atoms with Gasteiger partial charge >= 0.3 is 5.97 Å². The van der Waals surface area contributed by atoms with Crippen LogP contribution in [-0.2, 0) is 32.4 Å². The number of halogens is 1. The van der Waals surface area contributed by atoms with E-state index < -0.39 is 39.9 Å². The lowest BCUT2D eigenvalue weighted by molar-refractivity contribution is -0.124. The van der Waals surface area contributed by atoms with Crippen molar-refractivity contribution in [3.05, 3.63) is 64.5 Å². The van der Waals surface area contributed by atoms with Crippen LogP contribution in [0.3, 0.4) is 0 Å². The summed E-state index contributed by atoms with van der Waals surface area (Å²) in [4.78, 5) is 24.1.